The fraction of sp³-hybridized carbons (Fsp3) is 0.467. The number of aryl methyl sites for hydroxylation is 2. The van der Waals surface area contributed by atoms with Gasteiger partial charge in [-0.25, -0.2) is 0 Å². The molecule has 0 aliphatic rings. The van der Waals surface area contributed by atoms with Crippen molar-refractivity contribution in [3.63, 3.8) is 0 Å². The van der Waals surface area contributed by atoms with Crippen LogP contribution in [-0.2, 0) is 11.2 Å². The first-order valence-corrected chi connectivity index (χ1v) is 6.03. The van der Waals surface area contributed by atoms with Gasteiger partial charge in [-0.3, -0.25) is 4.79 Å². The Hall–Kier alpha value is -1.62. The van der Waals surface area contributed by atoms with Gasteiger partial charge in [0.15, 0.2) is 5.78 Å². The first-order valence-electron chi connectivity index (χ1n) is 6.03. The van der Waals surface area contributed by atoms with Gasteiger partial charge < -0.3 is 0 Å². The van der Waals surface area contributed by atoms with Crippen molar-refractivity contribution in [1.29, 1.82) is 5.26 Å². The van der Waals surface area contributed by atoms with Crippen molar-refractivity contribution in [3.05, 3.63) is 35.4 Å². The largest absolute Gasteiger partial charge is 0.298 e. The smallest absolute Gasteiger partial charge is 0.150 e. The minimum absolute atomic E-state index is 0.0609. The van der Waals surface area contributed by atoms with Gasteiger partial charge in [0.2, 0.25) is 0 Å². The first kappa shape index (κ1) is 13.4. The average molecular weight is 229 g/mol. The van der Waals surface area contributed by atoms with E-state index in [0.29, 0.717) is 6.42 Å². The molecule has 0 fully saturated rings. The minimum Gasteiger partial charge on any atom is -0.298 e. The Bertz CT molecular complexity index is 429. The van der Waals surface area contributed by atoms with Crippen LogP contribution in [0.5, 0.6) is 0 Å². The standard InChI is InChI=1S/C15H19NO/c1-11(2)14(10-16)15(17)9-8-13-7-5-4-6-12(13)3/h4-7,11,14H,8-9H2,1-3H3. The van der Waals surface area contributed by atoms with E-state index in [4.69, 9.17) is 5.26 Å². The van der Waals surface area contributed by atoms with E-state index < -0.39 is 5.92 Å². The second-order valence-corrected chi connectivity index (χ2v) is 4.74. The van der Waals surface area contributed by atoms with Gasteiger partial charge in [0.25, 0.3) is 0 Å². The lowest BCUT2D eigenvalue weighted by atomic mass is 9.89. The molecule has 2 heteroatoms. The number of hydrogen-bond acceptors (Lipinski definition) is 2. The van der Waals surface area contributed by atoms with Crippen LogP contribution in [0, 0.1) is 30.1 Å². The lowest BCUT2D eigenvalue weighted by molar-refractivity contribution is -0.122. The van der Waals surface area contributed by atoms with E-state index in [1.54, 1.807) is 0 Å². The Labute approximate surface area is 103 Å². The first-order chi connectivity index (χ1) is 8.06. The summed E-state index contributed by atoms with van der Waals surface area (Å²) in [6, 6.07) is 10.2. The predicted molar refractivity (Wildman–Crippen MR) is 68.4 cm³/mol. The summed E-state index contributed by atoms with van der Waals surface area (Å²) in [5, 5.41) is 8.95. The van der Waals surface area contributed by atoms with E-state index in [0.717, 1.165) is 6.42 Å². The Morgan fingerprint density at radius 2 is 2.00 bits per heavy atom. The number of nitriles is 1. The van der Waals surface area contributed by atoms with Gasteiger partial charge in [-0.15, -0.1) is 0 Å². The fourth-order valence-electron chi connectivity index (χ4n) is 1.90. The van der Waals surface area contributed by atoms with Gasteiger partial charge in [0.05, 0.1) is 6.07 Å². The third-order valence-corrected chi connectivity index (χ3v) is 3.05. The summed E-state index contributed by atoms with van der Waals surface area (Å²) >= 11 is 0. The van der Waals surface area contributed by atoms with E-state index in [2.05, 4.69) is 6.07 Å². The molecule has 1 unspecified atom stereocenters. The van der Waals surface area contributed by atoms with E-state index in [-0.39, 0.29) is 11.7 Å². The fourth-order valence-corrected chi connectivity index (χ4v) is 1.90. The van der Waals surface area contributed by atoms with Crippen LogP contribution >= 0.6 is 0 Å². The molecule has 1 atom stereocenters. The van der Waals surface area contributed by atoms with Crippen molar-refractivity contribution >= 4 is 5.78 Å². The summed E-state index contributed by atoms with van der Waals surface area (Å²) in [6.45, 7) is 5.88. The van der Waals surface area contributed by atoms with Crippen LogP contribution < -0.4 is 0 Å². The maximum Gasteiger partial charge on any atom is 0.150 e. The number of nitrogens with zero attached hydrogens (tertiary/aromatic N) is 1. The van der Waals surface area contributed by atoms with Crippen LogP contribution in [0.1, 0.15) is 31.4 Å². The second kappa shape index (κ2) is 6.20. The Balaban J connectivity index is 2.60. The van der Waals surface area contributed by atoms with Crippen LogP contribution in [0.3, 0.4) is 0 Å². The van der Waals surface area contributed by atoms with Crippen molar-refractivity contribution in [2.24, 2.45) is 11.8 Å². The van der Waals surface area contributed by atoms with Crippen molar-refractivity contribution < 1.29 is 4.79 Å². The Morgan fingerprint density at radius 1 is 1.35 bits per heavy atom. The summed E-state index contributed by atoms with van der Waals surface area (Å²) in [7, 11) is 0. The predicted octanol–water partition coefficient (Wildman–Crippen LogP) is 3.29. The lowest BCUT2D eigenvalue weighted by Crippen LogP contribution is -2.19. The van der Waals surface area contributed by atoms with Gasteiger partial charge in [0.1, 0.15) is 5.92 Å². The highest BCUT2D eigenvalue weighted by atomic mass is 16.1. The van der Waals surface area contributed by atoms with E-state index in [9.17, 15) is 4.79 Å². The zero-order valence-corrected chi connectivity index (χ0v) is 10.7. The molecular formula is C15H19NO. The molecule has 0 aliphatic carbocycles. The molecule has 0 saturated carbocycles. The molecule has 2 nitrogen and oxygen atoms in total. The molecular weight excluding hydrogens is 210 g/mol. The number of benzene rings is 1. The van der Waals surface area contributed by atoms with E-state index >= 15 is 0 Å². The third kappa shape index (κ3) is 3.71. The van der Waals surface area contributed by atoms with Crippen molar-refractivity contribution in [2.75, 3.05) is 0 Å². The molecule has 0 aliphatic heterocycles. The summed E-state index contributed by atoms with van der Waals surface area (Å²) in [5.74, 6) is -0.297. The highest BCUT2D eigenvalue weighted by Crippen LogP contribution is 2.16. The zero-order valence-electron chi connectivity index (χ0n) is 10.7. The number of hydrogen-bond donors (Lipinski definition) is 0. The maximum absolute atomic E-state index is 11.9. The monoisotopic (exact) mass is 229 g/mol. The summed E-state index contributed by atoms with van der Waals surface area (Å²) < 4.78 is 0. The molecule has 0 radical (unpaired) electrons. The molecule has 1 aromatic rings. The van der Waals surface area contributed by atoms with Gasteiger partial charge in [0, 0.05) is 6.42 Å². The van der Waals surface area contributed by atoms with Crippen LogP contribution in [0.15, 0.2) is 24.3 Å². The molecule has 0 aromatic heterocycles. The number of carbonyl (C=O) groups is 1. The number of ketones is 1. The van der Waals surface area contributed by atoms with E-state index in [1.807, 2.05) is 45.0 Å². The molecule has 1 aromatic carbocycles. The molecule has 0 bridgehead atoms. The lowest BCUT2D eigenvalue weighted by Gasteiger charge is -2.12. The van der Waals surface area contributed by atoms with Gasteiger partial charge >= 0.3 is 0 Å². The molecule has 17 heavy (non-hydrogen) atoms. The summed E-state index contributed by atoms with van der Waals surface area (Å²) in [6.07, 6.45) is 1.19. The molecule has 0 spiro atoms. The minimum atomic E-state index is -0.459. The molecule has 0 saturated heterocycles. The molecule has 0 amide bonds. The topological polar surface area (TPSA) is 40.9 Å². The summed E-state index contributed by atoms with van der Waals surface area (Å²) in [5.41, 5.74) is 2.40. The van der Waals surface area contributed by atoms with Crippen LogP contribution in [0.2, 0.25) is 0 Å². The van der Waals surface area contributed by atoms with Crippen molar-refractivity contribution in [3.8, 4) is 6.07 Å². The normalized spacial score (nSPS) is 12.2. The number of rotatable bonds is 5. The molecule has 1 rings (SSSR count). The van der Waals surface area contributed by atoms with Crippen LogP contribution in [0.25, 0.3) is 0 Å². The molecule has 90 valence electrons. The maximum atomic E-state index is 11.9. The Morgan fingerprint density at radius 3 is 2.53 bits per heavy atom. The SMILES string of the molecule is Cc1ccccc1CCC(=O)C(C#N)C(C)C. The quantitative estimate of drug-likeness (QED) is 0.777. The van der Waals surface area contributed by atoms with Crippen molar-refractivity contribution in [2.45, 2.75) is 33.6 Å². The third-order valence-electron chi connectivity index (χ3n) is 3.05. The van der Waals surface area contributed by atoms with Crippen LogP contribution in [-0.4, -0.2) is 5.78 Å². The molecule has 0 heterocycles. The van der Waals surface area contributed by atoms with Gasteiger partial charge in [-0.05, 0) is 30.4 Å². The zero-order chi connectivity index (χ0) is 12.8. The Kier molecular flexibility index (Phi) is 4.90. The summed E-state index contributed by atoms with van der Waals surface area (Å²) in [4.78, 5) is 11.9. The van der Waals surface area contributed by atoms with Crippen molar-refractivity contribution in [1.82, 2.24) is 0 Å². The van der Waals surface area contributed by atoms with Gasteiger partial charge in [-0.2, -0.15) is 5.26 Å². The molecule has 0 N–H and O–H groups in total. The highest BCUT2D eigenvalue weighted by Gasteiger charge is 2.20. The van der Waals surface area contributed by atoms with Crippen LogP contribution in [0.4, 0.5) is 0 Å². The number of carbonyl (C=O) groups excluding carboxylic acids is 1. The second-order valence-electron chi connectivity index (χ2n) is 4.74. The highest BCUT2D eigenvalue weighted by molar-refractivity contribution is 5.83. The van der Waals surface area contributed by atoms with Gasteiger partial charge in [-0.1, -0.05) is 38.1 Å². The number of Topliss-reactive ketones (excluding diaryl/α,β-unsaturated/α-hetero) is 1. The van der Waals surface area contributed by atoms with E-state index in [1.165, 1.54) is 11.1 Å². The average Bonchev–Trinajstić information content (AvgIpc) is 2.28.